The summed E-state index contributed by atoms with van der Waals surface area (Å²) in [5, 5.41) is 0. The molecule has 34 heavy (non-hydrogen) atoms. The van der Waals surface area contributed by atoms with E-state index in [9.17, 15) is 14.4 Å². The lowest BCUT2D eigenvalue weighted by atomic mass is 9.74. The average Bonchev–Trinajstić information content (AvgIpc) is 2.92. The molecule has 0 N–H and O–H groups in total. The Labute approximate surface area is 199 Å². The van der Waals surface area contributed by atoms with Crippen LogP contribution in [0.5, 0.6) is 0 Å². The van der Waals surface area contributed by atoms with Crippen molar-refractivity contribution in [3.63, 3.8) is 0 Å². The van der Waals surface area contributed by atoms with E-state index in [4.69, 9.17) is 0 Å². The van der Waals surface area contributed by atoms with Crippen molar-refractivity contribution >= 4 is 17.5 Å². The molecule has 1 unspecified atom stereocenters. The Morgan fingerprint density at radius 1 is 0.676 bits per heavy atom. The SMILES string of the molecule is O=C(C1=C(C(=O)c2ccccc2)C2CN(C(=O)c3ccccc3)CCC2=CC1)c1ccccc1. The lowest BCUT2D eigenvalue weighted by molar-refractivity contribution is 0.0714. The predicted molar refractivity (Wildman–Crippen MR) is 132 cm³/mol. The number of fused-ring (bicyclic) bond motifs is 1. The first-order chi connectivity index (χ1) is 16.6. The molecule has 0 aromatic heterocycles. The molecule has 4 nitrogen and oxygen atoms in total. The van der Waals surface area contributed by atoms with Gasteiger partial charge in [0.05, 0.1) is 0 Å². The maximum atomic E-state index is 13.8. The van der Waals surface area contributed by atoms with Gasteiger partial charge in [-0.15, -0.1) is 0 Å². The smallest absolute Gasteiger partial charge is 0.253 e. The molecule has 1 amide bonds. The number of amides is 1. The number of ketones is 2. The number of carbonyl (C=O) groups excluding carboxylic acids is 3. The summed E-state index contributed by atoms with van der Waals surface area (Å²) in [4.78, 5) is 42.4. The molecule has 1 heterocycles. The van der Waals surface area contributed by atoms with E-state index in [1.54, 1.807) is 24.3 Å². The third-order valence-electron chi connectivity index (χ3n) is 6.66. The molecule has 5 rings (SSSR count). The van der Waals surface area contributed by atoms with Crippen molar-refractivity contribution in [2.45, 2.75) is 12.8 Å². The van der Waals surface area contributed by atoms with Gasteiger partial charge in [-0.3, -0.25) is 14.4 Å². The van der Waals surface area contributed by atoms with Gasteiger partial charge in [0.2, 0.25) is 0 Å². The Hall–Kier alpha value is -4.05. The maximum Gasteiger partial charge on any atom is 0.253 e. The summed E-state index contributed by atoms with van der Waals surface area (Å²) in [6.45, 7) is 0.990. The highest BCUT2D eigenvalue weighted by molar-refractivity contribution is 6.18. The number of hydrogen-bond acceptors (Lipinski definition) is 3. The van der Waals surface area contributed by atoms with Crippen LogP contribution in [0.1, 0.15) is 43.9 Å². The van der Waals surface area contributed by atoms with Crippen molar-refractivity contribution in [1.82, 2.24) is 4.90 Å². The van der Waals surface area contributed by atoms with Crippen LogP contribution in [0.2, 0.25) is 0 Å². The van der Waals surface area contributed by atoms with Crippen molar-refractivity contribution < 1.29 is 14.4 Å². The van der Waals surface area contributed by atoms with Crippen molar-refractivity contribution in [1.29, 1.82) is 0 Å². The van der Waals surface area contributed by atoms with Crippen LogP contribution in [0, 0.1) is 5.92 Å². The normalized spacial score (nSPS) is 17.6. The highest BCUT2D eigenvalue weighted by atomic mass is 16.2. The van der Waals surface area contributed by atoms with Crippen LogP contribution in [0.25, 0.3) is 0 Å². The molecule has 3 aromatic carbocycles. The Balaban J connectivity index is 1.55. The highest BCUT2D eigenvalue weighted by Gasteiger charge is 2.38. The summed E-state index contributed by atoms with van der Waals surface area (Å²) in [6, 6.07) is 27.4. The van der Waals surface area contributed by atoms with Gasteiger partial charge in [0.1, 0.15) is 0 Å². The minimum absolute atomic E-state index is 0.0485. The summed E-state index contributed by atoms with van der Waals surface area (Å²) in [7, 11) is 0. The standard InChI is InChI=1S/C30H25NO3/c32-28(22-10-4-1-5-11-22)25-17-16-21-18-19-31(30(34)24-14-8-3-9-15-24)20-26(21)27(25)29(33)23-12-6-2-7-13-23/h1-16,26H,17-20H2. The molecule has 1 atom stereocenters. The maximum absolute atomic E-state index is 13.8. The van der Waals surface area contributed by atoms with Crippen LogP contribution in [0.15, 0.2) is 114 Å². The minimum atomic E-state index is -0.287. The van der Waals surface area contributed by atoms with Gasteiger partial charge in [-0.05, 0) is 25.0 Å². The van der Waals surface area contributed by atoms with Crippen LogP contribution in [-0.2, 0) is 0 Å². The molecule has 1 aliphatic heterocycles. The van der Waals surface area contributed by atoms with E-state index in [0.717, 1.165) is 5.57 Å². The summed E-state index contributed by atoms with van der Waals surface area (Å²) in [6.07, 6.45) is 3.22. The molecule has 0 radical (unpaired) electrons. The highest BCUT2D eigenvalue weighted by Crippen LogP contribution is 2.39. The fraction of sp³-hybridized carbons (Fsp3) is 0.167. The molecular formula is C30H25NO3. The van der Waals surface area contributed by atoms with Crippen molar-refractivity contribution in [3.05, 3.63) is 130 Å². The quantitative estimate of drug-likeness (QED) is 0.381. The summed E-state index contributed by atoms with van der Waals surface area (Å²) in [5.74, 6) is -0.593. The molecule has 2 aliphatic rings. The van der Waals surface area contributed by atoms with Crippen LogP contribution in [0.3, 0.4) is 0 Å². The number of benzene rings is 3. The second-order valence-electron chi connectivity index (χ2n) is 8.69. The van der Waals surface area contributed by atoms with Gasteiger partial charge in [-0.1, -0.05) is 90.5 Å². The number of carbonyl (C=O) groups is 3. The van der Waals surface area contributed by atoms with E-state index in [0.29, 0.717) is 53.8 Å². The van der Waals surface area contributed by atoms with Crippen molar-refractivity contribution in [3.8, 4) is 0 Å². The first-order valence-corrected chi connectivity index (χ1v) is 11.6. The molecule has 1 fully saturated rings. The fourth-order valence-corrected chi connectivity index (χ4v) is 4.91. The molecule has 3 aromatic rings. The Kier molecular flexibility index (Phi) is 6.05. The molecule has 1 aliphatic carbocycles. The molecule has 0 spiro atoms. The Morgan fingerprint density at radius 3 is 1.79 bits per heavy atom. The number of allylic oxidation sites excluding steroid dienone is 2. The molecule has 1 saturated heterocycles. The Bertz CT molecular complexity index is 1290. The fourth-order valence-electron chi connectivity index (χ4n) is 4.91. The van der Waals surface area contributed by atoms with Gasteiger partial charge in [0, 0.05) is 46.8 Å². The molecule has 168 valence electrons. The number of hydrogen-bond donors (Lipinski definition) is 0. The monoisotopic (exact) mass is 447 g/mol. The summed E-state index contributed by atoms with van der Waals surface area (Å²) in [5.41, 5.74) is 3.96. The number of rotatable bonds is 5. The topological polar surface area (TPSA) is 54.5 Å². The van der Waals surface area contributed by atoms with Gasteiger partial charge in [0.25, 0.3) is 5.91 Å². The third-order valence-corrected chi connectivity index (χ3v) is 6.66. The molecule has 0 bridgehead atoms. The van der Waals surface area contributed by atoms with Crippen LogP contribution in [0.4, 0.5) is 0 Å². The third kappa shape index (κ3) is 4.15. The van der Waals surface area contributed by atoms with Crippen molar-refractivity contribution in [2.75, 3.05) is 13.1 Å². The zero-order chi connectivity index (χ0) is 23.5. The number of nitrogens with zero attached hydrogens (tertiary/aromatic N) is 1. The van der Waals surface area contributed by atoms with Crippen LogP contribution >= 0.6 is 0 Å². The van der Waals surface area contributed by atoms with Gasteiger partial charge in [-0.25, -0.2) is 0 Å². The number of Topliss-reactive ketones (excluding diaryl/α,β-unsaturated/α-hetero) is 2. The zero-order valence-electron chi connectivity index (χ0n) is 18.8. The minimum Gasteiger partial charge on any atom is -0.337 e. The van der Waals surface area contributed by atoms with E-state index in [2.05, 4.69) is 6.08 Å². The zero-order valence-corrected chi connectivity index (χ0v) is 18.8. The van der Waals surface area contributed by atoms with Crippen LogP contribution < -0.4 is 0 Å². The van der Waals surface area contributed by atoms with Gasteiger partial charge < -0.3 is 4.90 Å². The lowest BCUT2D eigenvalue weighted by Gasteiger charge is -2.38. The molecule has 0 saturated carbocycles. The van der Waals surface area contributed by atoms with E-state index < -0.39 is 0 Å². The summed E-state index contributed by atoms with van der Waals surface area (Å²) >= 11 is 0. The summed E-state index contributed by atoms with van der Waals surface area (Å²) < 4.78 is 0. The molecule has 4 heteroatoms. The van der Waals surface area contributed by atoms with E-state index >= 15 is 0 Å². The van der Waals surface area contributed by atoms with Gasteiger partial charge in [-0.2, -0.15) is 0 Å². The predicted octanol–water partition coefficient (Wildman–Crippen LogP) is 5.54. The average molecular weight is 448 g/mol. The first kappa shape index (κ1) is 21.8. The van der Waals surface area contributed by atoms with Gasteiger partial charge in [0.15, 0.2) is 11.6 Å². The number of piperidine rings is 1. The van der Waals surface area contributed by atoms with Gasteiger partial charge >= 0.3 is 0 Å². The van der Waals surface area contributed by atoms with E-state index in [1.807, 2.05) is 71.6 Å². The van der Waals surface area contributed by atoms with E-state index in [1.165, 1.54) is 0 Å². The van der Waals surface area contributed by atoms with Crippen molar-refractivity contribution in [2.24, 2.45) is 5.92 Å². The lowest BCUT2D eigenvalue weighted by Crippen LogP contribution is -2.43. The number of likely N-dealkylation sites (tertiary alicyclic amines) is 1. The second-order valence-corrected chi connectivity index (χ2v) is 8.69. The second kappa shape index (κ2) is 9.44. The Morgan fingerprint density at radius 2 is 1.21 bits per heavy atom. The largest absolute Gasteiger partial charge is 0.337 e. The molecular weight excluding hydrogens is 422 g/mol. The van der Waals surface area contributed by atoms with E-state index in [-0.39, 0.29) is 23.4 Å². The van der Waals surface area contributed by atoms with Crippen LogP contribution in [-0.4, -0.2) is 35.5 Å². The first-order valence-electron chi connectivity index (χ1n) is 11.6.